The van der Waals surface area contributed by atoms with Crippen LogP contribution in [0.3, 0.4) is 0 Å². The summed E-state index contributed by atoms with van der Waals surface area (Å²) in [5, 5.41) is 0. The average molecular weight is 355 g/mol. The first-order valence-electron chi connectivity index (χ1n) is 7.30. The van der Waals surface area contributed by atoms with Crippen LogP contribution in [0.25, 0.3) is 0 Å². The fraction of sp³-hybridized carbons (Fsp3) is 0.333. The molecule has 0 amide bonds. The molecule has 2 unspecified atom stereocenters. The topological polar surface area (TPSA) is 27.7 Å². The first-order valence-corrected chi connectivity index (χ1v) is 8.17. The molecule has 0 saturated carbocycles. The van der Waals surface area contributed by atoms with E-state index in [0.29, 0.717) is 12.8 Å². The van der Waals surface area contributed by atoms with Gasteiger partial charge in [0.25, 0.3) is 0 Å². The van der Waals surface area contributed by atoms with Crippen molar-refractivity contribution in [2.75, 3.05) is 14.2 Å². The summed E-state index contributed by atoms with van der Waals surface area (Å²) in [5.74, 6) is 1.63. The molecule has 0 aliphatic rings. The summed E-state index contributed by atoms with van der Waals surface area (Å²) in [6, 6.07) is 15.4. The van der Waals surface area contributed by atoms with Crippen LogP contribution in [0, 0.1) is 0 Å². The van der Waals surface area contributed by atoms with E-state index in [1.807, 2.05) is 48.5 Å². The minimum Gasteiger partial charge on any atom is -0.497 e. The molecule has 2 atom stereocenters. The van der Waals surface area contributed by atoms with E-state index in [2.05, 4.69) is 0 Å². The first-order chi connectivity index (χ1) is 11.1. The van der Waals surface area contributed by atoms with Gasteiger partial charge in [0.1, 0.15) is 22.6 Å². The molecule has 0 radical (unpaired) electrons. The molecule has 2 aromatic carbocycles. The Morgan fingerprint density at radius 2 is 1.04 bits per heavy atom. The lowest BCUT2D eigenvalue weighted by Crippen LogP contribution is -2.17. The van der Waals surface area contributed by atoms with Gasteiger partial charge in [0.2, 0.25) is 0 Å². The van der Waals surface area contributed by atoms with E-state index >= 15 is 0 Å². The second-order valence-corrected chi connectivity index (χ2v) is 6.03. The van der Waals surface area contributed by atoms with Gasteiger partial charge in [-0.15, -0.1) is 0 Å². The van der Waals surface area contributed by atoms with E-state index in [0.717, 1.165) is 22.6 Å². The zero-order valence-corrected chi connectivity index (χ0v) is 14.7. The maximum atomic E-state index is 6.24. The SMILES string of the molecule is COc1ccc(CC(Cl)OC(Cl)Cc2ccc(OC)cc2)cc1. The summed E-state index contributed by atoms with van der Waals surface area (Å²) in [6.45, 7) is 0. The van der Waals surface area contributed by atoms with Crippen molar-refractivity contribution >= 4 is 23.2 Å². The van der Waals surface area contributed by atoms with Crippen LogP contribution in [-0.2, 0) is 17.6 Å². The molecule has 0 bridgehead atoms. The van der Waals surface area contributed by atoms with Gasteiger partial charge in [0, 0.05) is 12.8 Å². The molecule has 2 aromatic rings. The van der Waals surface area contributed by atoms with Crippen molar-refractivity contribution in [3.05, 3.63) is 59.7 Å². The minimum atomic E-state index is -0.482. The van der Waals surface area contributed by atoms with Crippen molar-refractivity contribution in [2.24, 2.45) is 0 Å². The molecule has 5 heteroatoms. The molecule has 0 aromatic heterocycles. The number of hydrogen-bond acceptors (Lipinski definition) is 3. The highest BCUT2D eigenvalue weighted by Crippen LogP contribution is 2.19. The zero-order valence-electron chi connectivity index (χ0n) is 13.2. The van der Waals surface area contributed by atoms with Gasteiger partial charge in [0.15, 0.2) is 0 Å². The maximum absolute atomic E-state index is 6.24. The number of methoxy groups -OCH3 is 2. The van der Waals surface area contributed by atoms with Crippen LogP contribution in [0.4, 0.5) is 0 Å². The van der Waals surface area contributed by atoms with E-state index in [1.54, 1.807) is 14.2 Å². The maximum Gasteiger partial charge on any atom is 0.137 e. The first kappa shape index (κ1) is 17.9. The van der Waals surface area contributed by atoms with E-state index in [4.69, 9.17) is 37.4 Å². The van der Waals surface area contributed by atoms with Crippen molar-refractivity contribution in [2.45, 2.75) is 24.0 Å². The standard InChI is InChI=1S/C18H20Cl2O3/c1-21-15-7-3-13(4-8-15)11-17(19)23-18(20)12-14-5-9-16(22-2)10-6-14/h3-10,17-18H,11-12H2,1-2H3. The van der Waals surface area contributed by atoms with E-state index in [9.17, 15) is 0 Å². The van der Waals surface area contributed by atoms with Crippen molar-refractivity contribution < 1.29 is 14.2 Å². The van der Waals surface area contributed by atoms with Crippen LogP contribution >= 0.6 is 23.2 Å². The van der Waals surface area contributed by atoms with E-state index in [-0.39, 0.29) is 0 Å². The summed E-state index contributed by atoms with van der Waals surface area (Å²) >= 11 is 12.5. The molecule has 0 spiro atoms. The monoisotopic (exact) mass is 354 g/mol. The highest BCUT2D eigenvalue weighted by atomic mass is 35.5. The predicted octanol–water partition coefficient (Wildman–Crippen LogP) is 4.64. The molecule has 0 fully saturated rings. The summed E-state index contributed by atoms with van der Waals surface area (Å²) in [6.07, 6.45) is 1.16. The van der Waals surface area contributed by atoms with Gasteiger partial charge in [-0.05, 0) is 35.4 Å². The second-order valence-electron chi connectivity index (χ2n) is 5.06. The van der Waals surface area contributed by atoms with Crippen LogP contribution in [0.15, 0.2) is 48.5 Å². The lowest BCUT2D eigenvalue weighted by Gasteiger charge is -2.16. The van der Waals surface area contributed by atoms with Crippen molar-refractivity contribution in [3.8, 4) is 11.5 Å². The molecular formula is C18H20Cl2O3. The lowest BCUT2D eigenvalue weighted by molar-refractivity contribution is 0.0825. The highest BCUT2D eigenvalue weighted by molar-refractivity contribution is 6.22. The van der Waals surface area contributed by atoms with Crippen LogP contribution in [0.5, 0.6) is 11.5 Å². The third kappa shape index (κ3) is 5.94. The van der Waals surface area contributed by atoms with Gasteiger partial charge in [-0.2, -0.15) is 0 Å². The normalized spacial score (nSPS) is 13.4. The quantitative estimate of drug-likeness (QED) is 0.646. The van der Waals surface area contributed by atoms with E-state index < -0.39 is 11.1 Å². The zero-order chi connectivity index (χ0) is 16.7. The molecule has 0 saturated heterocycles. The van der Waals surface area contributed by atoms with E-state index in [1.165, 1.54) is 0 Å². The number of rotatable bonds is 8. The molecule has 0 aliphatic heterocycles. The lowest BCUT2D eigenvalue weighted by atomic mass is 10.1. The summed E-state index contributed by atoms with van der Waals surface area (Å²) < 4.78 is 15.9. The molecule has 3 nitrogen and oxygen atoms in total. The second kappa shape index (κ2) is 9.02. The average Bonchev–Trinajstić information content (AvgIpc) is 2.56. The Bertz CT molecular complexity index is 531. The molecule has 23 heavy (non-hydrogen) atoms. The fourth-order valence-corrected chi connectivity index (χ4v) is 2.81. The molecule has 2 rings (SSSR count). The summed E-state index contributed by atoms with van der Waals surface area (Å²) in [4.78, 5) is 0. The van der Waals surface area contributed by atoms with Crippen LogP contribution in [-0.4, -0.2) is 25.3 Å². The number of hydrogen-bond donors (Lipinski definition) is 0. The number of ether oxygens (including phenoxy) is 3. The largest absolute Gasteiger partial charge is 0.497 e. The third-order valence-corrected chi connectivity index (χ3v) is 3.92. The van der Waals surface area contributed by atoms with Gasteiger partial charge >= 0.3 is 0 Å². The third-order valence-electron chi connectivity index (χ3n) is 3.41. The molecule has 0 aliphatic carbocycles. The molecular weight excluding hydrogens is 335 g/mol. The fourth-order valence-electron chi connectivity index (χ4n) is 2.15. The van der Waals surface area contributed by atoms with Gasteiger partial charge in [-0.1, -0.05) is 47.5 Å². The molecule has 0 heterocycles. The Morgan fingerprint density at radius 3 is 1.35 bits per heavy atom. The summed E-state index contributed by atoms with van der Waals surface area (Å²) in [7, 11) is 3.28. The smallest absolute Gasteiger partial charge is 0.137 e. The Hall–Kier alpha value is -1.42. The van der Waals surface area contributed by atoms with Crippen LogP contribution in [0.2, 0.25) is 0 Å². The molecule has 124 valence electrons. The Kier molecular flexibility index (Phi) is 7.03. The van der Waals surface area contributed by atoms with Gasteiger partial charge in [0.05, 0.1) is 14.2 Å². The van der Waals surface area contributed by atoms with Gasteiger partial charge in [-0.3, -0.25) is 0 Å². The number of alkyl halides is 2. The van der Waals surface area contributed by atoms with Crippen molar-refractivity contribution in [1.82, 2.24) is 0 Å². The Labute approximate surface area is 147 Å². The van der Waals surface area contributed by atoms with Gasteiger partial charge in [-0.25, -0.2) is 0 Å². The summed E-state index contributed by atoms with van der Waals surface area (Å²) in [5.41, 5.74) is 1.17. The highest BCUT2D eigenvalue weighted by Gasteiger charge is 2.14. The van der Waals surface area contributed by atoms with Crippen LogP contribution < -0.4 is 9.47 Å². The van der Waals surface area contributed by atoms with Gasteiger partial charge < -0.3 is 14.2 Å². The number of halogens is 2. The number of benzene rings is 2. The predicted molar refractivity (Wildman–Crippen MR) is 93.8 cm³/mol. The van der Waals surface area contributed by atoms with Crippen molar-refractivity contribution in [3.63, 3.8) is 0 Å². The Morgan fingerprint density at radius 1 is 0.696 bits per heavy atom. The van der Waals surface area contributed by atoms with Crippen molar-refractivity contribution in [1.29, 1.82) is 0 Å². The Balaban J connectivity index is 1.82. The van der Waals surface area contributed by atoms with Crippen LogP contribution in [0.1, 0.15) is 11.1 Å². The molecule has 0 N–H and O–H groups in total. The minimum absolute atomic E-state index is 0.482.